The number of ketones is 1. The topological polar surface area (TPSA) is 26.3 Å². The van der Waals surface area contributed by atoms with Gasteiger partial charge in [-0.1, -0.05) is 24.3 Å². The van der Waals surface area contributed by atoms with Crippen LogP contribution in [0.4, 0.5) is 0 Å². The number of Topliss-reactive ketones (excluding diaryl/α,β-unsaturated/α-hetero) is 1. The zero-order valence-corrected chi connectivity index (χ0v) is 8.32. The van der Waals surface area contributed by atoms with E-state index in [0.717, 1.165) is 24.0 Å². The Bertz CT molecular complexity index is 323. The lowest BCUT2D eigenvalue weighted by Crippen LogP contribution is -2.01. The summed E-state index contributed by atoms with van der Waals surface area (Å²) >= 11 is 0. The maximum Gasteiger partial charge on any atom is 0.165 e. The van der Waals surface area contributed by atoms with Crippen LogP contribution in [0.25, 0.3) is 0 Å². The largest absolute Gasteiger partial charge is 0.380 e. The predicted octanol–water partition coefficient (Wildman–Crippen LogP) is 2.43. The maximum atomic E-state index is 11.6. The van der Waals surface area contributed by atoms with Crippen molar-refractivity contribution < 1.29 is 9.53 Å². The van der Waals surface area contributed by atoms with Gasteiger partial charge in [0.2, 0.25) is 0 Å². The van der Waals surface area contributed by atoms with Gasteiger partial charge in [-0.3, -0.25) is 4.79 Å². The minimum Gasteiger partial charge on any atom is -0.380 e. The van der Waals surface area contributed by atoms with E-state index in [1.807, 2.05) is 24.3 Å². The lowest BCUT2D eigenvalue weighted by Gasteiger charge is -2.01. The van der Waals surface area contributed by atoms with E-state index >= 15 is 0 Å². The van der Waals surface area contributed by atoms with Gasteiger partial charge in [0.25, 0.3) is 0 Å². The highest BCUT2D eigenvalue weighted by Gasteiger charge is 2.30. The summed E-state index contributed by atoms with van der Waals surface area (Å²) in [6.45, 7) is 0.609. The van der Waals surface area contributed by atoms with Crippen LogP contribution < -0.4 is 0 Å². The summed E-state index contributed by atoms with van der Waals surface area (Å²) < 4.78 is 5.00. The van der Waals surface area contributed by atoms with Crippen molar-refractivity contribution in [3.05, 3.63) is 35.4 Å². The fraction of sp³-hybridized carbons (Fsp3) is 0.417. The van der Waals surface area contributed by atoms with Gasteiger partial charge in [-0.25, -0.2) is 0 Å². The Kier molecular flexibility index (Phi) is 2.64. The van der Waals surface area contributed by atoms with Gasteiger partial charge in [-0.05, 0) is 18.4 Å². The Balaban J connectivity index is 2.08. The molecule has 2 heteroatoms. The van der Waals surface area contributed by atoms with Crippen molar-refractivity contribution >= 4 is 5.78 Å². The number of rotatable bonds is 4. The van der Waals surface area contributed by atoms with Crippen molar-refractivity contribution in [2.24, 2.45) is 5.92 Å². The highest BCUT2D eigenvalue weighted by molar-refractivity contribution is 5.99. The number of carbonyl (C=O) groups excluding carboxylic acids is 1. The molecule has 0 N–H and O–H groups in total. The van der Waals surface area contributed by atoms with Crippen LogP contribution in [0.5, 0.6) is 0 Å². The smallest absolute Gasteiger partial charge is 0.165 e. The average molecular weight is 190 g/mol. The fourth-order valence-corrected chi connectivity index (χ4v) is 1.51. The average Bonchev–Trinajstić information content (AvgIpc) is 3.02. The second-order valence-corrected chi connectivity index (χ2v) is 3.77. The molecule has 2 nitrogen and oxygen atoms in total. The van der Waals surface area contributed by atoms with E-state index in [-0.39, 0.29) is 0 Å². The van der Waals surface area contributed by atoms with Crippen LogP contribution in [-0.2, 0) is 11.3 Å². The molecule has 2 rings (SSSR count). The third-order valence-corrected chi connectivity index (χ3v) is 2.50. The second kappa shape index (κ2) is 3.93. The number of ether oxygens (including phenoxy) is 1. The van der Waals surface area contributed by atoms with Crippen LogP contribution in [-0.4, -0.2) is 12.9 Å². The standard InChI is InChI=1S/C12H14O2/c1-14-8-9-2-4-10(5-3-9)12(13)11-6-7-11/h2-5,11H,6-8H2,1H3. The Morgan fingerprint density at radius 1 is 1.36 bits per heavy atom. The first-order chi connectivity index (χ1) is 6.81. The SMILES string of the molecule is COCc1ccc(C(=O)C2CC2)cc1. The lowest BCUT2D eigenvalue weighted by atomic mass is 10.1. The van der Waals surface area contributed by atoms with Gasteiger partial charge in [0.1, 0.15) is 0 Å². The molecule has 0 saturated heterocycles. The normalized spacial score (nSPS) is 15.5. The first-order valence-electron chi connectivity index (χ1n) is 4.93. The molecule has 1 saturated carbocycles. The lowest BCUT2D eigenvalue weighted by molar-refractivity contribution is 0.0967. The quantitative estimate of drug-likeness (QED) is 0.681. The van der Waals surface area contributed by atoms with E-state index in [0.29, 0.717) is 18.3 Å². The third kappa shape index (κ3) is 2.02. The monoisotopic (exact) mass is 190 g/mol. The number of hydrogen-bond acceptors (Lipinski definition) is 2. The van der Waals surface area contributed by atoms with E-state index in [9.17, 15) is 4.79 Å². The molecule has 14 heavy (non-hydrogen) atoms. The summed E-state index contributed by atoms with van der Waals surface area (Å²) in [6, 6.07) is 7.71. The summed E-state index contributed by atoms with van der Waals surface area (Å²) in [5.41, 5.74) is 1.95. The van der Waals surface area contributed by atoms with Crippen molar-refractivity contribution in [1.82, 2.24) is 0 Å². The molecule has 0 atom stereocenters. The van der Waals surface area contributed by atoms with Crippen molar-refractivity contribution in [3.8, 4) is 0 Å². The van der Waals surface area contributed by atoms with Gasteiger partial charge in [-0.15, -0.1) is 0 Å². The Morgan fingerprint density at radius 3 is 2.50 bits per heavy atom. The van der Waals surface area contributed by atoms with Crippen LogP contribution in [0.15, 0.2) is 24.3 Å². The van der Waals surface area contributed by atoms with E-state index in [1.54, 1.807) is 7.11 Å². The number of carbonyl (C=O) groups is 1. The second-order valence-electron chi connectivity index (χ2n) is 3.77. The number of methoxy groups -OCH3 is 1. The molecule has 0 amide bonds. The summed E-state index contributed by atoms with van der Waals surface area (Å²) in [6.07, 6.45) is 2.14. The van der Waals surface area contributed by atoms with Crippen molar-refractivity contribution in [2.45, 2.75) is 19.4 Å². The van der Waals surface area contributed by atoms with Crippen molar-refractivity contribution in [2.75, 3.05) is 7.11 Å². The maximum absolute atomic E-state index is 11.6. The zero-order chi connectivity index (χ0) is 9.97. The number of benzene rings is 1. The van der Waals surface area contributed by atoms with Crippen LogP contribution >= 0.6 is 0 Å². The van der Waals surface area contributed by atoms with Gasteiger partial charge >= 0.3 is 0 Å². The van der Waals surface area contributed by atoms with Gasteiger partial charge in [0.15, 0.2) is 5.78 Å². The van der Waals surface area contributed by atoms with Crippen molar-refractivity contribution in [1.29, 1.82) is 0 Å². The van der Waals surface area contributed by atoms with E-state index in [4.69, 9.17) is 4.74 Å². The molecule has 0 unspecified atom stereocenters. The minimum absolute atomic E-state index is 0.300. The van der Waals surface area contributed by atoms with Gasteiger partial charge in [-0.2, -0.15) is 0 Å². The summed E-state index contributed by atoms with van der Waals surface area (Å²) in [5.74, 6) is 0.609. The van der Waals surface area contributed by atoms with Crippen LogP contribution in [0.2, 0.25) is 0 Å². The Labute approximate surface area is 83.9 Å². The first-order valence-corrected chi connectivity index (χ1v) is 4.93. The highest BCUT2D eigenvalue weighted by atomic mass is 16.5. The van der Waals surface area contributed by atoms with Gasteiger partial charge in [0.05, 0.1) is 6.61 Å². The molecule has 74 valence electrons. The molecule has 1 aromatic rings. The zero-order valence-electron chi connectivity index (χ0n) is 8.32. The summed E-state index contributed by atoms with van der Waals surface area (Å²) in [7, 11) is 1.67. The molecule has 0 aromatic heterocycles. The predicted molar refractivity (Wildman–Crippen MR) is 54.2 cm³/mol. The Hall–Kier alpha value is -1.15. The molecule has 1 fully saturated rings. The first kappa shape index (κ1) is 9.41. The van der Waals surface area contributed by atoms with E-state index < -0.39 is 0 Å². The van der Waals surface area contributed by atoms with Gasteiger partial charge < -0.3 is 4.74 Å². The van der Waals surface area contributed by atoms with Gasteiger partial charge in [0, 0.05) is 18.6 Å². The summed E-state index contributed by atoms with van der Waals surface area (Å²) in [5, 5.41) is 0. The minimum atomic E-state index is 0.300. The third-order valence-electron chi connectivity index (χ3n) is 2.50. The molecule has 0 spiro atoms. The van der Waals surface area contributed by atoms with Crippen molar-refractivity contribution in [3.63, 3.8) is 0 Å². The molecule has 1 aromatic carbocycles. The number of hydrogen-bond donors (Lipinski definition) is 0. The van der Waals surface area contributed by atoms with Crippen LogP contribution in [0.3, 0.4) is 0 Å². The Morgan fingerprint density at radius 2 is 2.00 bits per heavy atom. The summed E-state index contributed by atoms with van der Waals surface area (Å²) in [4.78, 5) is 11.6. The van der Waals surface area contributed by atoms with E-state index in [2.05, 4.69) is 0 Å². The molecule has 1 aliphatic rings. The molecule has 0 radical (unpaired) electrons. The fourth-order valence-electron chi connectivity index (χ4n) is 1.51. The molecule has 0 heterocycles. The molecule has 0 bridgehead atoms. The highest BCUT2D eigenvalue weighted by Crippen LogP contribution is 2.32. The molecule has 1 aliphatic carbocycles. The van der Waals surface area contributed by atoms with E-state index in [1.165, 1.54) is 0 Å². The van der Waals surface area contributed by atoms with Crippen LogP contribution in [0.1, 0.15) is 28.8 Å². The molecular weight excluding hydrogens is 176 g/mol. The van der Waals surface area contributed by atoms with Crippen LogP contribution in [0, 0.1) is 5.92 Å². The molecular formula is C12H14O2. The molecule has 0 aliphatic heterocycles.